The number of halogens is 3. The second-order valence-electron chi connectivity index (χ2n) is 4.84. The molecule has 1 fully saturated rings. The monoisotopic (exact) mass is 303 g/mol. The number of rotatable bonds is 5. The summed E-state index contributed by atoms with van der Waals surface area (Å²) >= 11 is 0. The van der Waals surface area contributed by atoms with Crippen molar-refractivity contribution in [1.29, 1.82) is 0 Å². The van der Waals surface area contributed by atoms with Crippen LogP contribution >= 0.6 is 0 Å². The van der Waals surface area contributed by atoms with Crippen LogP contribution < -0.4 is 5.32 Å². The van der Waals surface area contributed by atoms with Gasteiger partial charge in [-0.3, -0.25) is 4.79 Å². The first kappa shape index (κ1) is 15.2. The lowest BCUT2D eigenvalue weighted by Gasteiger charge is -2.14. The van der Waals surface area contributed by atoms with E-state index in [2.05, 4.69) is 15.3 Å². The molecule has 0 radical (unpaired) electrons. The standard InChI is InChI=1S/C12H12F3N3O3/c13-12(14,15)11-16-4-7(5-17-11)9(19)18-8(10(20)21)3-6-1-2-6/h4-6,8H,1-3H2,(H,18,19)(H,20,21). The fraction of sp³-hybridized carbons (Fsp3) is 0.500. The molecule has 114 valence electrons. The Labute approximate surface area is 117 Å². The third kappa shape index (κ3) is 4.14. The van der Waals surface area contributed by atoms with Crippen LogP contribution in [0.4, 0.5) is 13.2 Å². The minimum atomic E-state index is -4.69. The molecule has 1 aromatic rings. The number of nitrogens with one attached hydrogen (secondary N) is 1. The van der Waals surface area contributed by atoms with Gasteiger partial charge in [-0.2, -0.15) is 13.2 Å². The van der Waals surface area contributed by atoms with Crippen molar-refractivity contribution in [1.82, 2.24) is 15.3 Å². The quantitative estimate of drug-likeness (QED) is 0.859. The number of alkyl halides is 3. The Morgan fingerprint density at radius 3 is 2.33 bits per heavy atom. The van der Waals surface area contributed by atoms with Crippen LogP contribution in [0.1, 0.15) is 35.4 Å². The van der Waals surface area contributed by atoms with Crippen molar-refractivity contribution in [3.05, 3.63) is 23.8 Å². The van der Waals surface area contributed by atoms with Gasteiger partial charge >= 0.3 is 12.1 Å². The van der Waals surface area contributed by atoms with E-state index in [9.17, 15) is 22.8 Å². The Morgan fingerprint density at radius 1 is 1.33 bits per heavy atom. The SMILES string of the molecule is O=C(NC(CC1CC1)C(=O)O)c1cnc(C(F)(F)F)nc1. The number of amides is 1. The molecular formula is C12H12F3N3O3. The van der Waals surface area contributed by atoms with E-state index in [1.807, 2.05) is 0 Å². The summed E-state index contributed by atoms with van der Waals surface area (Å²) in [5, 5.41) is 11.3. The number of carboxylic acid groups (broad SMARTS) is 1. The maximum absolute atomic E-state index is 12.3. The van der Waals surface area contributed by atoms with Crippen molar-refractivity contribution >= 4 is 11.9 Å². The van der Waals surface area contributed by atoms with Crippen LogP contribution in [0, 0.1) is 5.92 Å². The van der Waals surface area contributed by atoms with Gasteiger partial charge < -0.3 is 10.4 Å². The van der Waals surface area contributed by atoms with Gasteiger partial charge in [-0.05, 0) is 12.3 Å². The third-order valence-corrected chi connectivity index (χ3v) is 3.04. The van der Waals surface area contributed by atoms with Crippen molar-refractivity contribution in [3.8, 4) is 0 Å². The van der Waals surface area contributed by atoms with Gasteiger partial charge in [-0.25, -0.2) is 14.8 Å². The molecule has 1 aromatic heterocycles. The molecule has 1 heterocycles. The highest BCUT2D eigenvalue weighted by Crippen LogP contribution is 2.33. The van der Waals surface area contributed by atoms with E-state index < -0.39 is 29.9 Å². The molecule has 1 saturated carbocycles. The largest absolute Gasteiger partial charge is 0.480 e. The predicted octanol–water partition coefficient (Wildman–Crippen LogP) is 1.48. The Balaban J connectivity index is 2.03. The van der Waals surface area contributed by atoms with Gasteiger partial charge in [0.15, 0.2) is 0 Å². The zero-order valence-electron chi connectivity index (χ0n) is 10.7. The molecule has 1 atom stereocenters. The molecule has 9 heteroatoms. The van der Waals surface area contributed by atoms with Gasteiger partial charge in [-0.1, -0.05) is 12.8 Å². The maximum atomic E-state index is 12.3. The molecular weight excluding hydrogens is 291 g/mol. The zero-order chi connectivity index (χ0) is 15.6. The summed E-state index contributed by atoms with van der Waals surface area (Å²) < 4.78 is 36.9. The average Bonchev–Trinajstić information content (AvgIpc) is 3.21. The molecule has 21 heavy (non-hydrogen) atoms. The molecule has 6 nitrogen and oxygen atoms in total. The first-order chi connectivity index (χ1) is 9.77. The van der Waals surface area contributed by atoms with Gasteiger partial charge in [-0.15, -0.1) is 0 Å². The van der Waals surface area contributed by atoms with Crippen molar-refractivity contribution < 1.29 is 27.9 Å². The van der Waals surface area contributed by atoms with Gasteiger partial charge in [0, 0.05) is 12.4 Å². The number of aliphatic carboxylic acids is 1. The number of carboxylic acids is 1. The summed E-state index contributed by atoms with van der Waals surface area (Å²) in [6.45, 7) is 0. The molecule has 0 spiro atoms. The molecule has 0 bridgehead atoms. The molecule has 1 aliphatic rings. The highest BCUT2D eigenvalue weighted by molar-refractivity contribution is 5.96. The Kier molecular flexibility index (Phi) is 4.10. The maximum Gasteiger partial charge on any atom is 0.451 e. The van der Waals surface area contributed by atoms with E-state index in [0.29, 0.717) is 6.42 Å². The first-order valence-corrected chi connectivity index (χ1v) is 6.20. The minimum Gasteiger partial charge on any atom is -0.480 e. The molecule has 1 aliphatic carbocycles. The van der Waals surface area contributed by atoms with Crippen LogP contribution in [-0.2, 0) is 11.0 Å². The van der Waals surface area contributed by atoms with Gasteiger partial charge in [0.05, 0.1) is 5.56 Å². The van der Waals surface area contributed by atoms with Crippen molar-refractivity contribution in [2.75, 3.05) is 0 Å². The van der Waals surface area contributed by atoms with E-state index in [0.717, 1.165) is 25.2 Å². The van der Waals surface area contributed by atoms with Crippen LogP contribution in [0.5, 0.6) is 0 Å². The number of carbonyl (C=O) groups excluding carboxylic acids is 1. The fourth-order valence-corrected chi connectivity index (χ4v) is 1.74. The zero-order valence-corrected chi connectivity index (χ0v) is 10.7. The lowest BCUT2D eigenvalue weighted by molar-refractivity contribution is -0.145. The number of nitrogens with zero attached hydrogens (tertiary/aromatic N) is 2. The van der Waals surface area contributed by atoms with Crippen LogP contribution in [0.15, 0.2) is 12.4 Å². The van der Waals surface area contributed by atoms with Crippen molar-refractivity contribution in [2.24, 2.45) is 5.92 Å². The molecule has 1 unspecified atom stereocenters. The highest BCUT2D eigenvalue weighted by Gasteiger charge is 2.35. The number of carbonyl (C=O) groups is 2. The second-order valence-corrected chi connectivity index (χ2v) is 4.84. The lowest BCUT2D eigenvalue weighted by Crippen LogP contribution is -2.41. The summed E-state index contributed by atoms with van der Waals surface area (Å²) in [5.41, 5.74) is -0.218. The second kappa shape index (κ2) is 5.66. The number of aromatic nitrogens is 2. The topological polar surface area (TPSA) is 92.2 Å². The normalized spacial score (nSPS) is 16.3. The van der Waals surface area contributed by atoms with Crippen LogP contribution in [0.2, 0.25) is 0 Å². The molecule has 0 saturated heterocycles. The molecule has 2 rings (SSSR count). The first-order valence-electron chi connectivity index (χ1n) is 6.20. The van der Waals surface area contributed by atoms with Gasteiger partial charge in [0.1, 0.15) is 6.04 Å². The summed E-state index contributed by atoms with van der Waals surface area (Å²) in [6, 6.07) is -1.06. The smallest absolute Gasteiger partial charge is 0.451 e. The Morgan fingerprint density at radius 2 is 1.90 bits per heavy atom. The Bertz CT molecular complexity index is 541. The van der Waals surface area contributed by atoms with Crippen LogP contribution in [0.3, 0.4) is 0 Å². The third-order valence-electron chi connectivity index (χ3n) is 3.04. The summed E-state index contributed by atoms with van der Waals surface area (Å²) in [6.07, 6.45) is -1.10. The van der Waals surface area contributed by atoms with Gasteiger partial charge in [0.2, 0.25) is 5.82 Å². The summed E-state index contributed by atoms with van der Waals surface area (Å²) in [4.78, 5) is 28.9. The average molecular weight is 303 g/mol. The lowest BCUT2D eigenvalue weighted by atomic mass is 10.1. The van der Waals surface area contributed by atoms with Crippen LogP contribution in [0.25, 0.3) is 0 Å². The number of hydrogen-bond acceptors (Lipinski definition) is 4. The molecule has 0 aromatic carbocycles. The van der Waals surface area contributed by atoms with E-state index in [4.69, 9.17) is 5.11 Å². The summed E-state index contributed by atoms with van der Waals surface area (Å²) in [5.74, 6) is -3.07. The molecule has 2 N–H and O–H groups in total. The summed E-state index contributed by atoms with van der Waals surface area (Å²) in [7, 11) is 0. The van der Waals surface area contributed by atoms with Crippen molar-refractivity contribution in [3.63, 3.8) is 0 Å². The number of hydrogen-bond donors (Lipinski definition) is 2. The fourth-order valence-electron chi connectivity index (χ4n) is 1.74. The highest BCUT2D eigenvalue weighted by atomic mass is 19.4. The van der Waals surface area contributed by atoms with E-state index in [1.165, 1.54) is 0 Å². The van der Waals surface area contributed by atoms with E-state index in [-0.39, 0.29) is 11.5 Å². The van der Waals surface area contributed by atoms with E-state index in [1.54, 1.807) is 0 Å². The predicted molar refractivity (Wildman–Crippen MR) is 63.3 cm³/mol. The molecule has 0 aliphatic heterocycles. The van der Waals surface area contributed by atoms with E-state index >= 15 is 0 Å². The minimum absolute atomic E-state index is 0.218. The van der Waals surface area contributed by atoms with Crippen molar-refractivity contribution in [2.45, 2.75) is 31.5 Å². The van der Waals surface area contributed by atoms with Crippen LogP contribution in [-0.4, -0.2) is 33.0 Å². The van der Waals surface area contributed by atoms with Gasteiger partial charge in [0.25, 0.3) is 5.91 Å². The molecule has 1 amide bonds. The Hall–Kier alpha value is -2.19.